The van der Waals surface area contributed by atoms with Gasteiger partial charge in [0.25, 0.3) is 0 Å². The first-order valence-electron chi connectivity index (χ1n) is 8.79. The number of hydrogen-bond donors (Lipinski definition) is 3. The number of ether oxygens (including phenoxy) is 1. The minimum atomic E-state index is -0.565. The van der Waals surface area contributed by atoms with Crippen molar-refractivity contribution in [2.45, 2.75) is 64.3 Å². The maximum atomic E-state index is 12.4. The van der Waals surface area contributed by atoms with Gasteiger partial charge in [-0.2, -0.15) is 0 Å². The Balaban J connectivity index is 1.58. The van der Waals surface area contributed by atoms with Crippen LogP contribution >= 0.6 is 0 Å². The van der Waals surface area contributed by atoms with Crippen molar-refractivity contribution < 1.29 is 14.6 Å². The zero-order chi connectivity index (χ0) is 17.3. The molecule has 1 aliphatic carbocycles. The number of carbonyl (C=O) groups is 1. The molecule has 0 bridgehead atoms. The van der Waals surface area contributed by atoms with Gasteiger partial charge in [0.2, 0.25) is 0 Å². The van der Waals surface area contributed by atoms with E-state index in [1.807, 2.05) is 24.3 Å². The zero-order valence-electron chi connectivity index (χ0n) is 14.7. The van der Waals surface area contributed by atoms with Crippen LogP contribution in [0.15, 0.2) is 24.3 Å². The van der Waals surface area contributed by atoms with Gasteiger partial charge in [0.1, 0.15) is 0 Å². The molecular weight excluding hydrogens is 304 g/mol. The Morgan fingerprint density at radius 3 is 2.75 bits per heavy atom. The number of aliphatic hydroxyl groups excluding tert-OH is 1. The number of urea groups is 1. The van der Waals surface area contributed by atoms with Gasteiger partial charge in [-0.15, -0.1) is 0 Å². The van der Waals surface area contributed by atoms with Crippen molar-refractivity contribution in [3.8, 4) is 0 Å². The summed E-state index contributed by atoms with van der Waals surface area (Å²) in [4.78, 5) is 12.4. The van der Waals surface area contributed by atoms with Gasteiger partial charge in [-0.05, 0) is 29.4 Å². The van der Waals surface area contributed by atoms with Gasteiger partial charge in [0.05, 0.1) is 18.2 Å². The highest BCUT2D eigenvalue weighted by Crippen LogP contribution is 2.32. The van der Waals surface area contributed by atoms with E-state index in [4.69, 9.17) is 4.74 Å². The normalized spacial score (nSPS) is 29.8. The predicted octanol–water partition coefficient (Wildman–Crippen LogP) is 2.54. The maximum Gasteiger partial charge on any atom is 0.315 e. The summed E-state index contributed by atoms with van der Waals surface area (Å²) in [5.74, 6) is 0. The average molecular weight is 332 g/mol. The van der Waals surface area contributed by atoms with Crippen LogP contribution in [0.3, 0.4) is 0 Å². The lowest BCUT2D eigenvalue weighted by Crippen LogP contribution is -2.50. The standard InChI is InChI=1S/C19H28N2O3/c1-19(2,3)16-11-13(8-9-24-16)20-18(23)21-17-14-7-5-4-6-12(14)10-15(17)22/h4-7,13,15-17,22H,8-11H2,1-3H3,(H2,20,21,23). The molecule has 132 valence electrons. The molecule has 3 rings (SSSR count). The second-order valence-electron chi connectivity index (χ2n) is 8.01. The van der Waals surface area contributed by atoms with Crippen LogP contribution in [-0.4, -0.2) is 36.0 Å². The van der Waals surface area contributed by atoms with Crippen molar-refractivity contribution in [3.05, 3.63) is 35.4 Å². The second kappa shape index (κ2) is 6.73. The molecule has 5 heteroatoms. The maximum absolute atomic E-state index is 12.4. The first-order chi connectivity index (χ1) is 11.3. The molecule has 0 radical (unpaired) electrons. The summed E-state index contributed by atoms with van der Waals surface area (Å²) in [6.07, 6.45) is 1.81. The van der Waals surface area contributed by atoms with Gasteiger partial charge < -0.3 is 20.5 Å². The summed E-state index contributed by atoms with van der Waals surface area (Å²) in [5.41, 5.74) is 2.19. The van der Waals surface area contributed by atoms with Crippen LogP contribution in [0.5, 0.6) is 0 Å². The lowest BCUT2D eigenvalue weighted by Gasteiger charge is -2.38. The van der Waals surface area contributed by atoms with Crippen molar-refractivity contribution in [2.75, 3.05) is 6.61 Å². The third-order valence-corrected chi connectivity index (χ3v) is 5.08. The van der Waals surface area contributed by atoms with Crippen molar-refractivity contribution in [1.82, 2.24) is 10.6 Å². The van der Waals surface area contributed by atoms with Crippen molar-refractivity contribution >= 4 is 6.03 Å². The van der Waals surface area contributed by atoms with Gasteiger partial charge in [-0.1, -0.05) is 45.0 Å². The van der Waals surface area contributed by atoms with E-state index in [0.717, 1.165) is 24.0 Å². The molecule has 0 spiro atoms. The minimum Gasteiger partial charge on any atom is -0.390 e. The highest BCUT2D eigenvalue weighted by Gasteiger charge is 2.34. The number of nitrogens with one attached hydrogen (secondary N) is 2. The summed E-state index contributed by atoms with van der Waals surface area (Å²) in [6, 6.07) is 7.44. The van der Waals surface area contributed by atoms with E-state index in [9.17, 15) is 9.90 Å². The number of fused-ring (bicyclic) bond motifs is 1. The number of rotatable bonds is 2. The fraction of sp³-hybridized carbons (Fsp3) is 0.632. The van der Waals surface area contributed by atoms with Crippen molar-refractivity contribution in [1.29, 1.82) is 0 Å². The molecule has 1 aromatic rings. The molecule has 0 aromatic heterocycles. The first-order valence-corrected chi connectivity index (χ1v) is 8.79. The van der Waals surface area contributed by atoms with Crippen LogP contribution in [0.4, 0.5) is 4.79 Å². The van der Waals surface area contributed by atoms with Gasteiger partial charge in [0.15, 0.2) is 0 Å². The molecule has 5 nitrogen and oxygen atoms in total. The van der Waals surface area contributed by atoms with E-state index >= 15 is 0 Å². The number of amides is 2. The Labute approximate surface area is 143 Å². The first kappa shape index (κ1) is 17.2. The van der Waals surface area contributed by atoms with Crippen LogP contribution in [0.2, 0.25) is 0 Å². The fourth-order valence-corrected chi connectivity index (χ4v) is 3.65. The summed E-state index contributed by atoms with van der Waals surface area (Å²) in [6.45, 7) is 7.14. The van der Waals surface area contributed by atoms with Crippen LogP contribution in [0, 0.1) is 5.41 Å². The van der Waals surface area contributed by atoms with Gasteiger partial charge in [-0.25, -0.2) is 4.79 Å². The molecular formula is C19H28N2O3. The second-order valence-corrected chi connectivity index (χ2v) is 8.01. The van der Waals surface area contributed by atoms with Crippen LogP contribution in [0.1, 0.15) is 50.8 Å². The zero-order valence-corrected chi connectivity index (χ0v) is 14.7. The topological polar surface area (TPSA) is 70.6 Å². The fourth-order valence-electron chi connectivity index (χ4n) is 3.65. The highest BCUT2D eigenvalue weighted by atomic mass is 16.5. The monoisotopic (exact) mass is 332 g/mol. The molecule has 24 heavy (non-hydrogen) atoms. The molecule has 1 heterocycles. The molecule has 1 aromatic carbocycles. The van der Waals surface area contributed by atoms with Crippen molar-refractivity contribution in [3.63, 3.8) is 0 Å². The summed E-state index contributed by atoms with van der Waals surface area (Å²) < 4.78 is 5.84. The van der Waals surface area contributed by atoms with E-state index < -0.39 is 6.10 Å². The Morgan fingerprint density at radius 2 is 2.00 bits per heavy atom. The Morgan fingerprint density at radius 1 is 1.25 bits per heavy atom. The molecule has 4 unspecified atom stereocenters. The van der Waals surface area contributed by atoms with Gasteiger partial charge >= 0.3 is 6.03 Å². The third-order valence-electron chi connectivity index (χ3n) is 5.08. The van der Waals surface area contributed by atoms with E-state index in [0.29, 0.717) is 13.0 Å². The number of carbonyl (C=O) groups excluding carboxylic acids is 1. The SMILES string of the molecule is CC(C)(C)C1CC(NC(=O)NC2c3ccccc3CC2O)CCO1. The third kappa shape index (κ3) is 3.73. The minimum absolute atomic E-state index is 0.0669. The molecule has 1 saturated heterocycles. The quantitative estimate of drug-likeness (QED) is 0.779. The number of aliphatic hydroxyl groups is 1. The van der Waals surface area contributed by atoms with Crippen LogP contribution in [-0.2, 0) is 11.2 Å². The van der Waals surface area contributed by atoms with E-state index in [1.54, 1.807) is 0 Å². The van der Waals surface area contributed by atoms with Crippen LogP contribution in [0.25, 0.3) is 0 Å². The largest absolute Gasteiger partial charge is 0.390 e. The number of hydrogen-bond acceptors (Lipinski definition) is 3. The molecule has 1 aliphatic heterocycles. The van der Waals surface area contributed by atoms with Crippen molar-refractivity contribution in [2.24, 2.45) is 5.41 Å². The molecule has 4 atom stereocenters. The molecule has 2 amide bonds. The van der Waals surface area contributed by atoms with E-state index in [-0.39, 0.29) is 29.6 Å². The lowest BCUT2D eigenvalue weighted by molar-refractivity contribution is -0.0566. The lowest BCUT2D eigenvalue weighted by atomic mass is 9.83. The smallest absolute Gasteiger partial charge is 0.315 e. The highest BCUT2D eigenvalue weighted by molar-refractivity contribution is 5.75. The Hall–Kier alpha value is -1.59. The van der Waals surface area contributed by atoms with E-state index in [1.165, 1.54) is 0 Å². The molecule has 2 aliphatic rings. The number of benzene rings is 1. The predicted molar refractivity (Wildman–Crippen MR) is 92.8 cm³/mol. The van der Waals surface area contributed by atoms with Gasteiger partial charge in [-0.3, -0.25) is 0 Å². The van der Waals surface area contributed by atoms with Crippen LogP contribution < -0.4 is 10.6 Å². The van der Waals surface area contributed by atoms with Gasteiger partial charge in [0, 0.05) is 19.1 Å². The molecule has 0 saturated carbocycles. The molecule has 1 fully saturated rings. The van der Waals surface area contributed by atoms with E-state index in [2.05, 4.69) is 31.4 Å². The summed E-state index contributed by atoms with van der Waals surface area (Å²) in [7, 11) is 0. The average Bonchev–Trinajstić information content (AvgIpc) is 2.83. The molecule has 3 N–H and O–H groups in total. The summed E-state index contributed by atoms with van der Waals surface area (Å²) in [5, 5.41) is 16.3. The Bertz CT molecular complexity index is 597. The summed E-state index contributed by atoms with van der Waals surface area (Å²) >= 11 is 0. The Kier molecular flexibility index (Phi) is 4.83.